The van der Waals surface area contributed by atoms with Crippen molar-refractivity contribution in [3.05, 3.63) is 17.7 Å². The van der Waals surface area contributed by atoms with Gasteiger partial charge in [-0.25, -0.2) is 0 Å². The van der Waals surface area contributed by atoms with Crippen molar-refractivity contribution in [2.24, 2.45) is 0 Å². The van der Waals surface area contributed by atoms with Crippen molar-refractivity contribution in [3.8, 4) is 17.2 Å². The lowest BCUT2D eigenvalue weighted by molar-refractivity contribution is 0.344. The van der Waals surface area contributed by atoms with Gasteiger partial charge in [-0.05, 0) is 18.6 Å². The van der Waals surface area contributed by atoms with Crippen LogP contribution in [0.1, 0.15) is 12.5 Å². The summed E-state index contributed by atoms with van der Waals surface area (Å²) in [4.78, 5) is 0. The van der Waals surface area contributed by atoms with Gasteiger partial charge >= 0.3 is 0 Å². The van der Waals surface area contributed by atoms with Crippen LogP contribution >= 0.6 is 0 Å². The Kier molecular flexibility index (Phi) is 3.63. The van der Waals surface area contributed by atoms with Crippen LogP contribution in [0.2, 0.25) is 0 Å². The zero-order valence-corrected chi connectivity index (χ0v) is 9.09. The minimum Gasteiger partial charge on any atom is -0.496 e. The Morgan fingerprint density at radius 1 is 0.929 bits per heavy atom. The molecule has 0 unspecified atom stereocenters. The van der Waals surface area contributed by atoms with Crippen molar-refractivity contribution in [3.63, 3.8) is 0 Å². The van der Waals surface area contributed by atoms with Crippen molar-refractivity contribution in [2.45, 2.75) is 13.3 Å². The molecule has 1 aromatic carbocycles. The Morgan fingerprint density at radius 3 is 1.93 bits per heavy atom. The van der Waals surface area contributed by atoms with Crippen molar-refractivity contribution in [1.29, 1.82) is 0 Å². The van der Waals surface area contributed by atoms with Crippen LogP contribution in [0.4, 0.5) is 0 Å². The molecule has 0 radical (unpaired) electrons. The first-order chi connectivity index (χ1) is 6.78. The molecule has 0 heterocycles. The number of hydrogen-bond acceptors (Lipinski definition) is 3. The Bertz CT molecular complexity index is 277. The molecule has 0 saturated heterocycles. The molecule has 1 rings (SSSR count). The molecule has 0 bridgehead atoms. The van der Waals surface area contributed by atoms with Crippen molar-refractivity contribution >= 4 is 0 Å². The van der Waals surface area contributed by atoms with Gasteiger partial charge in [0.1, 0.15) is 5.75 Å². The number of methoxy groups -OCH3 is 3. The fourth-order valence-electron chi connectivity index (χ4n) is 1.50. The molecule has 1 aromatic rings. The summed E-state index contributed by atoms with van der Waals surface area (Å²) < 4.78 is 15.7. The lowest BCUT2D eigenvalue weighted by atomic mass is 10.1. The number of benzene rings is 1. The molecule has 78 valence electrons. The third-order valence-corrected chi connectivity index (χ3v) is 2.18. The molecule has 0 fully saturated rings. The molecule has 0 aliphatic rings. The zero-order valence-electron chi connectivity index (χ0n) is 9.09. The maximum Gasteiger partial charge on any atom is 0.167 e. The molecule has 3 heteroatoms. The third kappa shape index (κ3) is 1.76. The summed E-state index contributed by atoms with van der Waals surface area (Å²) in [5, 5.41) is 0. The molecule has 0 atom stereocenters. The smallest absolute Gasteiger partial charge is 0.167 e. The summed E-state index contributed by atoms with van der Waals surface area (Å²) >= 11 is 0. The van der Waals surface area contributed by atoms with Gasteiger partial charge in [0, 0.05) is 5.56 Å². The third-order valence-electron chi connectivity index (χ3n) is 2.18. The summed E-state index contributed by atoms with van der Waals surface area (Å²) in [7, 11) is 4.92. The maximum atomic E-state index is 5.30. The van der Waals surface area contributed by atoms with Gasteiger partial charge in [-0.3, -0.25) is 0 Å². The first-order valence-electron chi connectivity index (χ1n) is 4.56. The summed E-state index contributed by atoms with van der Waals surface area (Å²) in [6, 6.07) is 3.73. The van der Waals surface area contributed by atoms with Crippen molar-refractivity contribution < 1.29 is 14.2 Å². The second kappa shape index (κ2) is 4.74. The quantitative estimate of drug-likeness (QED) is 0.739. The zero-order chi connectivity index (χ0) is 10.6. The van der Waals surface area contributed by atoms with E-state index in [2.05, 4.69) is 6.92 Å². The van der Waals surface area contributed by atoms with E-state index < -0.39 is 0 Å². The first-order valence-corrected chi connectivity index (χ1v) is 4.56. The number of ether oxygens (including phenoxy) is 3. The Balaban J connectivity index is 3.28. The lowest BCUT2D eigenvalue weighted by Crippen LogP contribution is -1.98. The molecule has 0 aliphatic carbocycles. The number of hydrogen-bond donors (Lipinski definition) is 0. The molecular weight excluding hydrogens is 180 g/mol. The highest BCUT2D eigenvalue weighted by atomic mass is 16.5. The van der Waals surface area contributed by atoms with E-state index in [1.165, 1.54) is 0 Å². The second-order valence-corrected chi connectivity index (χ2v) is 2.84. The average Bonchev–Trinajstić information content (AvgIpc) is 2.26. The van der Waals surface area contributed by atoms with Crippen LogP contribution in [0.3, 0.4) is 0 Å². The predicted octanol–water partition coefficient (Wildman–Crippen LogP) is 2.27. The summed E-state index contributed by atoms with van der Waals surface area (Å²) in [6.07, 6.45) is 0.851. The molecule has 0 aliphatic heterocycles. The van der Waals surface area contributed by atoms with Crippen LogP contribution in [-0.4, -0.2) is 21.3 Å². The van der Waals surface area contributed by atoms with Crippen LogP contribution in [-0.2, 0) is 6.42 Å². The lowest BCUT2D eigenvalue weighted by Gasteiger charge is -2.14. The van der Waals surface area contributed by atoms with E-state index in [0.717, 1.165) is 29.2 Å². The average molecular weight is 196 g/mol. The van der Waals surface area contributed by atoms with E-state index in [1.807, 2.05) is 12.1 Å². The van der Waals surface area contributed by atoms with Gasteiger partial charge in [-0.1, -0.05) is 6.92 Å². The van der Waals surface area contributed by atoms with E-state index in [1.54, 1.807) is 21.3 Å². The topological polar surface area (TPSA) is 27.7 Å². The van der Waals surface area contributed by atoms with Gasteiger partial charge in [0.2, 0.25) is 0 Å². The molecule has 0 spiro atoms. The minimum absolute atomic E-state index is 0.741. The van der Waals surface area contributed by atoms with Crippen LogP contribution in [0.25, 0.3) is 0 Å². The fourth-order valence-corrected chi connectivity index (χ4v) is 1.50. The van der Waals surface area contributed by atoms with Gasteiger partial charge < -0.3 is 14.2 Å². The Hall–Kier alpha value is -1.38. The van der Waals surface area contributed by atoms with Crippen molar-refractivity contribution in [1.82, 2.24) is 0 Å². The molecule has 0 N–H and O–H groups in total. The van der Waals surface area contributed by atoms with Crippen LogP contribution in [0.15, 0.2) is 12.1 Å². The molecular formula is C11H16O3. The van der Waals surface area contributed by atoms with Gasteiger partial charge in [0.25, 0.3) is 0 Å². The van der Waals surface area contributed by atoms with Crippen LogP contribution in [0.5, 0.6) is 17.2 Å². The molecule has 3 nitrogen and oxygen atoms in total. The van der Waals surface area contributed by atoms with E-state index in [-0.39, 0.29) is 0 Å². The van der Waals surface area contributed by atoms with Crippen LogP contribution in [0, 0.1) is 0 Å². The van der Waals surface area contributed by atoms with Crippen molar-refractivity contribution in [2.75, 3.05) is 21.3 Å². The highest BCUT2D eigenvalue weighted by Crippen LogP contribution is 2.37. The van der Waals surface area contributed by atoms with Gasteiger partial charge in [-0.2, -0.15) is 0 Å². The highest BCUT2D eigenvalue weighted by molar-refractivity contribution is 5.53. The first kappa shape index (κ1) is 10.7. The van der Waals surface area contributed by atoms with Gasteiger partial charge in [0.05, 0.1) is 21.3 Å². The molecule has 0 amide bonds. The van der Waals surface area contributed by atoms with E-state index >= 15 is 0 Å². The largest absolute Gasteiger partial charge is 0.496 e. The summed E-state index contributed by atoms with van der Waals surface area (Å²) in [5.41, 5.74) is 1.04. The fraction of sp³-hybridized carbons (Fsp3) is 0.455. The molecule has 0 aromatic heterocycles. The summed E-state index contributed by atoms with van der Waals surface area (Å²) in [6.45, 7) is 2.06. The standard InChI is InChI=1S/C11H16O3/c1-5-8-9(12-2)6-7-10(13-3)11(8)14-4/h6-7H,5H2,1-4H3. The molecule has 14 heavy (non-hydrogen) atoms. The Labute approximate surface area is 84.6 Å². The normalized spacial score (nSPS) is 9.71. The van der Waals surface area contributed by atoms with E-state index in [0.29, 0.717) is 0 Å². The SMILES string of the molecule is CCc1c(OC)ccc(OC)c1OC. The summed E-state index contributed by atoms with van der Waals surface area (Å²) in [5.74, 6) is 2.34. The monoisotopic (exact) mass is 196 g/mol. The predicted molar refractivity (Wildman–Crippen MR) is 55.5 cm³/mol. The molecule has 0 saturated carbocycles. The number of rotatable bonds is 4. The highest BCUT2D eigenvalue weighted by Gasteiger charge is 2.13. The minimum atomic E-state index is 0.741. The second-order valence-electron chi connectivity index (χ2n) is 2.84. The van der Waals surface area contributed by atoms with E-state index in [4.69, 9.17) is 14.2 Å². The Morgan fingerprint density at radius 2 is 1.50 bits per heavy atom. The van der Waals surface area contributed by atoms with Crippen LogP contribution < -0.4 is 14.2 Å². The van der Waals surface area contributed by atoms with E-state index in [9.17, 15) is 0 Å². The van der Waals surface area contributed by atoms with Gasteiger partial charge in [-0.15, -0.1) is 0 Å². The van der Waals surface area contributed by atoms with Gasteiger partial charge in [0.15, 0.2) is 11.5 Å². The maximum absolute atomic E-state index is 5.30.